The number of hydrogen-bond donors (Lipinski definition) is 3. The molecule has 1 fully saturated rings. The van der Waals surface area contributed by atoms with E-state index in [4.69, 9.17) is 4.74 Å². The van der Waals surface area contributed by atoms with Gasteiger partial charge in [0.25, 0.3) is 0 Å². The van der Waals surface area contributed by atoms with Crippen LogP contribution in [-0.4, -0.2) is 36.2 Å². The van der Waals surface area contributed by atoms with Crippen molar-refractivity contribution in [2.24, 2.45) is 5.92 Å². The van der Waals surface area contributed by atoms with Crippen LogP contribution >= 0.6 is 0 Å². The summed E-state index contributed by atoms with van der Waals surface area (Å²) in [4.78, 5) is 24.8. The third-order valence-electron chi connectivity index (χ3n) is 5.79. The van der Waals surface area contributed by atoms with Crippen LogP contribution in [0.25, 0.3) is 0 Å². The molecule has 1 heterocycles. The highest BCUT2D eigenvalue weighted by Gasteiger charge is 2.34. The minimum Gasteiger partial charge on any atom is -0.487 e. The fraction of sp³-hybridized carbons (Fsp3) is 0.636. The van der Waals surface area contributed by atoms with E-state index in [1.54, 1.807) is 0 Å². The van der Waals surface area contributed by atoms with Gasteiger partial charge < -0.3 is 20.7 Å². The molecule has 1 aliphatic heterocycles. The maximum Gasteiger partial charge on any atom is 0.315 e. The molecule has 160 valence electrons. The SMILES string of the molecule is CC1=C([C@H](C)NC(=O)NC2CCCC(C(=O)NC(C)C)C2)OC2CC=C(F)C=C12. The van der Waals surface area contributed by atoms with E-state index in [0.29, 0.717) is 18.6 Å². The molecule has 0 saturated heterocycles. The molecule has 0 aromatic rings. The second-order valence-corrected chi connectivity index (χ2v) is 8.58. The predicted molar refractivity (Wildman–Crippen MR) is 110 cm³/mol. The van der Waals surface area contributed by atoms with Crippen LogP contribution in [-0.2, 0) is 9.53 Å². The van der Waals surface area contributed by atoms with Crippen molar-refractivity contribution in [1.29, 1.82) is 0 Å². The van der Waals surface area contributed by atoms with Crippen molar-refractivity contribution >= 4 is 11.9 Å². The van der Waals surface area contributed by atoms with E-state index in [1.165, 1.54) is 12.2 Å². The van der Waals surface area contributed by atoms with Gasteiger partial charge in [0.1, 0.15) is 17.7 Å². The fourth-order valence-electron chi connectivity index (χ4n) is 4.37. The second-order valence-electron chi connectivity index (χ2n) is 8.58. The van der Waals surface area contributed by atoms with Crippen LogP contribution in [0.4, 0.5) is 9.18 Å². The van der Waals surface area contributed by atoms with Gasteiger partial charge in [0.15, 0.2) is 0 Å². The number of halogens is 1. The van der Waals surface area contributed by atoms with Crippen LogP contribution in [0.15, 0.2) is 34.9 Å². The summed E-state index contributed by atoms with van der Waals surface area (Å²) in [5, 5.41) is 8.89. The summed E-state index contributed by atoms with van der Waals surface area (Å²) in [7, 11) is 0. The van der Waals surface area contributed by atoms with Crippen LogP contribution in [0.1, 0.15) is 59.8 Å². The quantitative estimate of drug-likeness (QED) is 0.654. The zero-order valence-corrected chi connectivity index (χ0v) is 17.7. The monoisotopic (exact) mass is 405 g/mol. The molecular weight excluding hydrogens is 373 g/mol. The van der Waals surface area contributed by atoms with Crippen molar-refractivity contribution in [3.05, 3.63) is 34.9 Å². The first kappa shape index (κ1) is 21.4. The first-order valence-corrected chi connectivity index (χ1v) is 10.6. The van der Waals surface area contributed by atoms with Gasteiger partial charge >= 0.3 is 6.03 Å². The van der Waals surface area contributed by atoms with E-state index in [2.05, 4.69) is 16.0 Å². The third-order valence-corrected chi connectivity index (χ3v) is 5.79. The summed E-state index contributed by atoms with van der Waals surface area (Å²) in [6, 6.07) is -0.509. The van der Waals surface area contributed by atoms with E-state index in [9.17, 15) is 14.0 Å². The van der Waals surface area contributed by atoms with Crippen molar-refractivity contribution in [2.75, 3.05) is 0 Å². The Morgan fingerprint density at radius 1 is 1.21 bits per heavy atom. The number of ether oxygens (including phenoxy) is 1. The summed E-state index contributed by atoms with van der Waals surface area (Å²) in [6.45, 7) is 7.65. The van der Waals surface area contributed by atoms with E-state index in [1.807, 2.05) is 27.7 Å². The minimum absolute atomic E-state index is 0.0259. The molecule has 3 amide bonds. The normalized spacial score (nSPS) is 27.4. The highest BCUT2D eigenvalue weighted by Crippen LogP contribution is 2.37. The van der Waals surface area contributed by atoms with Crippen LogP contribution in [0.5, 0.6) is 0 Å². The Hall–Kier alpha value is -2.31. The Labute approximate surface area is 172 Å². The van der Waals surface area contributed by atoms with Crippen molar-refractivity contribution in [2.45, 2.75) is 84.0 Å². The Bertz CT molecular complexity index is 756. The molecule has 6 nitrogen and oxygen atoms in total. The van der Waals surface area contributed by atoms with Gasteiger partial charge in [-0.25, -0.2) is 9.18 Å². The molecule has 0 radical (unpaired) electrons. The summed E-state index contributed by atoms with van der Waals surface area (Å²) in [6.07, 6.45) is 6.64. The first-order chi connectivity index (χ1) is 13.7. The molecule has 0 spiro atoms. The zero-order chi connectivity index (χ0) is 21.1. The molecule has 3 rings (SSSR count). The smallest absolute Gasteiger partial charge is 0.315 e. The molecule has 1 saturated carbocycles. The topological polar surface area (TPSA) is 79.5 Å². The van der Waals surface area contributed by atoms with E-state index < -0.39 is 0 Å². The third kappa shape index (κ3) is 5.19. The maximum absolute atomic E-state index is 13.6. The molecule has 0 aromatic carbocycles. The molecular formula is C22H32FN3O3. The Balaban J connectivity index is 1.53. The number of amides is 3. The van der Waals surface area contributed by atoms with E-state index in [-0.39, 0.29) is 47.9 Å². The molecule has 3 unspecified atom stereocenters. The minimum atomic E-state index is -0.326. The lowest BCUT2D eigenvalue weighted by Crippen LogP contribution is -2.49. The fourth-order valence-corrected chi connectivity index (χ4v) is 4.37. The summed E-state index contributed by atoms with van der Waals surface area (Å²) in [5.74, 6) is 0.441. The predicted octanol–water partition coefficient (Wildman–Crippen LogP) is 3.61. The van der Waals surface area contributed by atoms with Crippen LogP contribution in [0.2, 0.25) is 0 Å². The van der Waals surface area contributed by atoms with Crippen molar-refractivity contribution in [3.8, 4) is 0 Å². The number of nitrogens with one attached hydrogen (secondary N) is 3. The number of hydrogen-bond acceptors (Lipinski definition) is 3. The Morgan fingerprint density at radius 2 is 1.97 bits per heavy atom. The molecule has 29 heavy (non-hydrogen) atoms. The molecule has 2 aliphatic carbocycles. The Kier molecular flexibility index (Phi) is 6.65. The number of rotatable bonds is 5. The summed E-state index contributed by atoms with van der Waals surface area (Å²) < 4.78 is 19.5. The molecule has 4 atom stereocenters. The van der Waals surface area contributed by atoms with Crippen LogP contribution in [0.3, 0.4) is 0 Å². The highest BCUT2D eigenvalue weighted by atomic mass is 19.1. The Morgan fingerprint density at radius 3 is 2.69 bits per heavy atom. The average molecular weight is 406 g/mol. The van der Waals surface area contributed by atoms with Gasteiger partial charge in [-0.1, -0.05) is 6.42 Å². The largest absolute Gasteiger partial charge is 0.487 e. The van der Waals surface area contributed by atoms with Gasteiger partial charge in [0, 0.05) is 30.0 Å². The van der Waals surface area contributed by atoms with E-state index >= 15 is 0 Å². The standard InChI is InChI=1S/C22H32FN3O3/c1-12(2)24-21(27)15-6-5-7-17(10-15)26-22(28)25-14(4)20-13(3)18-11-16(23)8-9-19(18)29-20/h8,11-12,14-15,17,19H,5-7,9-10H2,1-4H3,(H,24,27)(H2,25,26,28)/t14-,15?,17?,19?/m0/s1. The maximum atomic E-state index is 13.6. The van der Waals surface area contributed by atoms with Crippen LogP contribution < -0.4 is 16.0 Å². The number of carbonyl (C=O) groups is 2. The zero-order valence-electron chi connectivity index (χ0n) is 17.7. The number of urea groups is 1. The second kappa shape index (κ2) is 9.01. The highest BCUT2D eigenvalue weighted by molar-refractivity contribution is 5.79. The van der Waals surface area contributed by atoms with Crippen molar-refractivity contribution < 1.29 is 18.7 Å². The lowest BCUT2D eigenvalue weighted by Gasteiger charge is -2.30. The lowest BCUT2D eigenvalue weighted by atomic mass is 9.85. The van der Waals surface area contributed by atoms with Gasteiger partial charge in [0.2, 0.25) is 5.91 Å². The van der Waals surface area contributed by atoms with Crippen molar-refractivity contribution in [1.82, 2.24) is 16.0 Å². The first-order valence-electron chi connectivity index (χ1n) is 10.6. The number of fused-ring (bicyclic) bond motifs is 1. The van der Waals surface area contributed by atoms with E-state index in [0.717, 1.165) is 30.4 Å². The van der Waals surface area contributed by atoms with Gasteiger partial charge in [-0.15, -0.1) is 0 Å². The van der Waals surface area contributed by atoms with Gasteiger partial charge in [-0.05, 0) is 64.7 Å². The van der Waals surface area contributed by atoms with Crippen molar-refractivity contribution in [3.63, 3.8) is 0 Å². The van der Waals surface area contributed by atoms with Gasteiger partial charge in [-0.2, -0.15) is 0 Å². The molecule has 0 bridgehead atoms. The van der Waals surface area contributed by atoms with Crippen LogP contribution in [0, 0.1) is 5.92 Å². The van der Waals surface area contributed by atoms with Gasteiger partial charge in [-0.3, -0.25) is 4.79 Å². The number of carbonyl (C=O) groups excluding carboxylic acids is 2. The summed E-state index contributed by atoms with van der Waals surface area (Å²) in [5.41, 5.74) is 1.73. The lowest BCUT2D eigenvalue weighted by molar-refractivity contribution is -0.126. The summed E-state index contributed by atoms with van der Waals surface area (Å²) >= 11 is 0. The molecule has 0 aromatic heterocycles. The van der Waals surface area contributed by atoms with Gasteiger partial charge in [0.05, 0.1) is 6.04 Å². The molecule has 3 aliphatic rings. The molecule has 3 N–H and O–H groups in total. The average Bonchev–Trinajstić information content (AvgIpc) is 2.97. The molecule has 7 heteroatoms. The number of allylic oxidation sites excluding steroid dienone is 2.